The highest BCUT2D eigenvalue weighted by Gasteiger charge is 2.29. The number of methoxy groups -OCH3 is 1. The Kier molecular flexibility index (Phi) is 6.37. The normalized spacial score (nSPS) is 20.0. The Balaban J connectivity index is 1.57. The van der Waals surface area contributed by atoms with Crippen molar-refractivity contribution in [2.45, 2.75) is 43.9 Å². The molecule has 0 radical (unpaired) electrons. The van der Waals surface area contributed by atoms with Gasteiger partial charge in [-0.15, -0.1) is 0 Å². The first-order valence-corrected chi connectivity index (χ1v) is 11.0. The number of ether oxygens (including phenoxy) is 1. The van der Waals surface area contributed by atoms with Crippen molar-refractivity contribution in [3.8, 4) is 5.75 Å². The molecule has 1 aliphatic heterocycles. The highest BCUT2D eigenvalue weighted by molar-refractivity contribution is 7.89. The van der Waals surface area contributed by atoms with Gasteiger partial charge in [0.15, 0.2) is 0 Å². The number of sulfonamides is 1. The van der Waals surface area contributed by atoms with Crippen LogP contribution in [0.4, 0.5) is 0 Å². The number of rotatable bonds is 6. The molecule has 1 fully saturated rings. The Morgan fingerprint density at radius 1 is 1.12 bits per heavy atom. The number of allylic oxidation sites excluding steroid dienone is 1. The van der Waals surface area contributed by atoms with Crippen molar-refractivity contribution in [3.05, 3.63) is 35.4 Å². The topological polar surface area (TPSA) is 49.9 Å². The van der Waals surface area contributed by atoms with E-state index >= 15 is 0 Å². The second-order valence-corrected chi connectivity index (χ2v) is 9.14. The van der Waals surface area contributed by atoms with Crippen LogP contribution in [0.15, 0.2) is 34.7 Å². The van der Waals surface area contributed by atoms with E-state index in [1.54, 1.807) is 35.2 Å². The molecule has 144 valence electrons. The molecular weight excluding hydrogens is 348 g/mol. The molecule has 1 saturated heterocycles. The predicted octanol–water partition coefficient (Wildman–Crippen LogP) is 3.20. The van der Waals surface area contributed by atoms with Crippen LogP contribution in [0.3, 0.4) is 0 Å². The molecule has 0 saturated carbocycles. The van der Waals surface area contributed by atoms with Crippen LogP contribution in [0.2, 0.25) is 0 Å². The van der Waals surface area contributed by atoms with Gasteiger partial charge < -0.3 is 9.64 Å². The highest BCUT2D eigenvalue weighted by atomic mass is 32.2. The summed E-state index contributed by atoms with van der Waals surface area (Å²) in [6.45, 7) is 5.61. The Morgan fingerprint density at radius 2 is 1.88 bits per heavy atom. The van der Waals surface area contributed by atoms with Crippen LogP contribution in [0.25, 0.3) is 0 Å². The fraction of sp³-hybridized carbons (Fsp3) is 0.600. The minimum absolute atomic E-state index is 0.388. The summed E-state index contributed by atoms with van der Waals surface area (Å²) in [6.07, 6.45) is 8.64. The molecule has 2 aliphatic rings. The summed E-state index contributed by atoms with van der Waals surface area (Å²) in [5.74, 6) is 0.684. The zero-order chi connectivity index (χ0) is 18.6. The molecule has 26 heavy (non-hydrogen) atoms. The second-order valence-electron chi connectivity index (χ2n) is 7.24. The van der Waals surface area contributed by atoms with E-state index in [2.05, 4.69) is 11.0 Å². The van der Waals surface area contributed by atoms with Crippen LogP contribution >= 0.6 is 0 Å². The van der Waals surface area contributed by atoms with E-state index in [-0.39, 0.29) is 0 Å². The summed E-state index contributed by atoms with van der Waals surface area (Å²) in [6, 6.07) is 5.15. The van der Waals surface area contributed by atoms with E-state index in [0.29, 0.717) is 23.7 Å². The molecular formula is C20H30N2O3S. The van der Waals surface area contributed by atoms with Gasteiger partial charge in [-0.3, -0.25) is 0 Å². The highest BCUT2D eigenvalue weighted by Crippen LogP contribution is 2.25. The third-order valence-corrected chi connectivity index (χ3v) is 7.52. The fourth-order valence-corrected chi connectivity index (χ4v) is 5.43. The third-order valence-electron chi connectivity index (χ3n) is 5.47. The van der Waals surface area contributed by atoms with Crippen LogP contribution in [-0.2, 0) is 10.0 Å². The molecule has 5 nitrogen and oxygen atoms in total. The van der Waals surface area contributed by atoms with Crippen LogP contribution in [0, 0.1) is 6.92 Å². The molecule has 0 amide bonds. The molecule has 0 aromatic heterocycles. The molecule has 0 unspecified atom stereocenters. The maximum absolute atomic E-state index is 13.0. The predicted molar refractivity (Wildman–Crippen MR) is 104 cm³/mol. The van der Waals surface area contributed by atoms with Gasteiger partial charge in [-0.25, -0.2) is 8.42 Å². The molecule has 1 heterocycles. The van der Waals surface area contributed by atoms with Gasteiger partial charge in [0.1, 0.15) is 5.75 Å². The monoisotopic (exact) mass is 378 g/mol. The summed E-state index contributed by atoms with van der Waals surface area (Å²) in [7, 11) is -1.85. The largest absolute Gasteiger partial charge is 0.497 e. The smallest absolute Gasteiger partial charge is 0.243 e. The summed E-state index contributed by atoms with van der Waals surface area (Å²) >= 11 is 0. The molecule has 1 aromatic rings. The minimum Gasteiger partial charge on any atom is -0.497 e. The maximum Gasteiger partial charge on any atom is 0.243 e. The van der Waals surface area contributed by atoms with E-state index < -0.39 is 10.0 Å². The average Bonchev–Trinajstić information content (AvgIpc) is 2.67. The first kappa shape index (κ1) is 19.4. The Labute approximate surface area is 157 Å². The Hall–Kier alpha value is -1.37. The van der Waals surface area contributed by atoms with Crippen LogP contribution in [-0.4, -0.2) is 57.5 Å². The third kappa shape index (κ3) is 4.48. The van der Waals surface area contributed by atoms with Crippen LogP contribution in [0.5, 0.6) is 5.75 Å². The zero-order valence-electron chi connectivity index (χ0n) is 15.9. The zero-order valence-corrected chi connectivity index (χ0v) is 16.7. The lowest BCUT2D eigenvalue weighted by Gasteiger charge is -2.34. The lowest BCUT2D eigenvalue weighted by Crippen LogP contribution is -2.48. The van der Waals surface area contributed by atoms with E-state index in [1.807, 2.05) is 6.92 Å². The van der Waals surface area contributed by atoms with Gasteiger partial charge in [-0.2, -0.15) is 4.31 Å². The number of nitrogens with zero attached hydrogens (tertiary/aromatic N) is 2. The Morgan fingerprint density at radius 3 is 2.50 bits per heavy atom. The molecule has 6 heteroatoms. The standard InChI is InChI=1S/C20H30N2O3S/c1-17-16-19(25-2)8-9-20(17)26(23,24)22-14-12-21(13-15-22)11-10-18-6-4-3-5-7-18/h6,8-9,16H,3-5,7,10-15H2,1-2H3. The number of aryl methyl sites for hydroxylation is 1. The van der Waals surface area contributed by atoms with E-state index in [0.717, 1.165) is 31.6 Å². The van der Waals surface area contributed by atoms with Crippen molar-refractivity contribution in [1.82, 2.24) is 9.21 Å². The van der Waals surface area contributed by atoms with Crippen LogP contribution in [0.1, 0.15) is 37.7 Å². The quantitative estimate of drug-likeness (QED) is 0.714. The van der Waals surface area contributed by atoms with E-state index in [9.17, 15) is 8.42 Å². The SMILES string of the molecule is COc1ccc(S(=O)(=O)N2CCN(CCC3=CCCCC3)CC2)c(C)c1. The van der Waals surface area contributed by atoms with Gasteiger partial charge in [0, 0.05) is 32.7 Å². The number of hydrogen-bond donors (Lipinski definition) is 0. The first-order chi connectivity index (χ1) is 12.5. The van der Waals surface area contributed by atoms with Gasteiger partial charge in [-0.1, -0.05) is 11.6 Å². The number of hydrogen-bond acceptors (Lipinski definition) is 4. The van der Waals surface area contributed by atoms with Gasteiger partial charge in [0.05, 0.1) is 12.0 Å². The lowest BCUT2D eigenvalue weighted by atomic mass is 9.97. The number of piperazine rings is 1. The van der Waals surface area contributed by atoms with E-state index in [1.165, 1.54) is 25.7 Å². The van der Waals surface area contributed by atoms with Gasteiger partial charge in [0.2, 0.25) is 10.0 Å². The van der Waals surface area contributed by atoms with Crippen molar-refractivity contribution in [2.75, 3.05) is 39.8 Å². The molecule has 0 bridgehead atoms. The second kappa shape index (κ2) is 8.55. The van der Waals surface area contributed by atoms with Gasteiger partial charge in [0.25, 0.3) is 0 Å². The van der Waals surface area contributed by atoms with Crippen molar-refractivity contribution in [3.63, 3.8) is 0 Å². The molecule has 1 aliphatic carbocycles. The van der Waals surface area contributed by atoms with Gasteiger partial charge >= 0.3 is 0 Å². The molecule has 1 aromatic carbocycles. The van der Waals surface area contributed by atoms with Crippen molar-refractivity contribution in [2.24, 2.45) is 0 Å². The van der Waals surface area contributed by atoms with Crippen molar-refractivity contribution >= 4 is 10.0 Å². The lowest BCUT2D eigenvalue weighted by molar-refractivity contribution is 0.189. The summed E-state index contributed by atoms with van der Waals surface area (Å²) in [4.78, 5) is 2.78. The van der Waals surface area contributed by atoms with Crippen molar-refractivity contribution in [1.29, 1.82) is 0 Å². The van der Waals surface area contributed by atoms with Gasteiger partial charge in [-0.05, 0) is 62.8 Å². The summed E-state index contributed by atoms with van der Waals surface area (Å²) in [5, 5.41) is 0. The first-order valence-electron chi connectivity index (χ1n) is 9.56. The molecule has 3 rings (SSSR count). The molecule has 0 N–H and O–H groups in total. The maximum atomic E-state index is 13.0. The minimum atomic E-state index is -3.44. The van der Waals surface area contributed by atoms with Crippen molar-refractivity contribution < 1.29 is 13.2 Å². The molecule has 0 atom stereocenters. The average molecular weight is 379 g/mol. The summed E-state index contributed by atoms with van der Waals surface area (Å²) < 4.78 is 32.8. The van der Waals surface area contributed by atoms with E-state index in [4.69, 9.17) is 4.74 Å². The Bertz CT molecular complexity index is 750. The number of benzene rings is 1. The fourth-order valence-electron chi connectivity index (χ4n) is 3.80. The van der Waals surface area contributed by atoms with Crippen LogP contribution < -0.4 is 4.74 Å². The molecule has 0 spiro atoms. The summed E-state index contributed by atoms with van der Waals surface area (Å²) in [5.41, 5.74) is 2.32.